The Balaban J connectivity index is 1.76. The second-order valence-electron chi connectivity index (χ2n) is 6.08. The van der Waals surface area contributed by atoms with Gasteiger partial charge in [-0.15, -0.1) is 0 Å². The van der Waals surface area contributed by atoms with E-state index in [1.165, 1.54) is 35.2 Å². The van der Waals surface area contributed by atoms with Gasteiger partial charge < -0.3 is 10.2 Å². The van der Waals surface area contributed by atoms with Gasteiger partial charge in [-0.3, -0.25) is 19.7 Å². The van der Waals surface area contributed by atoms with Gasteiger partial charge in [0.15, 0.2) is 0 Å². The second-order valence-corrected chi connectivity index (χ2v) is 6.90. The Labute approximate surface area is 165 Å². The number of hydrogen-bond donors (Lipinski definition) is 1. The van der Waals surface area contributed by atoms with Gasteiger partial charge in [-0.2, -0.15) is 0 Å². The number of halogens is 2. The maximum atomic E-state index is 12.8. The molecule has 1 aliphatic heterocycles. The predicted molar refractivity (Wildman–Crippen MR) is 102 cm³/mol. The third kappa shape index (κ3) is 4.20. The largest absolute Gasteiger partial charge is 0.327 e. The first-order valence-electron chi connectivity index (χ1n) is 8.18. The molecule has 1 fully saturated rings. The highest BCUT2D eigenvalue weighted by molar-refractivity contribution is 6.42. The van der Waals surface area contributed by atoms with E-state index in [-0.39, 0.29) is 22.5 Å². The van der Waals surface area contributed by atoms with Crippen LogP contribution < -0.4 is 5.32 Å². The van der Waals surface area contributed by atoms with Crippen molar-refractivity contribution in [1.29, 1.82) is 0 Å². The first kappa shape index (κ1) is 19.1. The zero-order valence-electron chi connectivity index (χ0n) is 14.0. The normalized spacial score (nSPS) is 16.2. The van der Waals surface area contributed by atoms with Crippen molar-refractivity contribution in [3.05, 3.63) is 68.2 Å². The molecule has 0 aromatic heterocycles. The van der Waals surface area contributed by atoms with E-state index < -0.39 is 11.0 Å². The molecule has 2 aromatic carbocycles. The first-order valence-corrected chi connectivity index (χ1v) is 8.94. The standard InChI is InChI=1S/C18H15Cl2N3O4/c19-14-7-6-11(9-15(14)20)18(25)22-8-2-5-16(22)17(24)21-12-3-1-4-13(10-12)23(26)27/h1,3-4,6-7,9-10,16H,2,5,8H2,(H,21,24)/t16-/m0/s1. The minimum Gasteiger partial charge on any atom is -0.327 e. The van der Waals surface area contributed by atoms with Crippen LogP contribution in [0.5, 0.6) is 0 Å². The van der Waals surface area contributed by atoms with Gasteiger partial charge in [-0.05, 0) is 37.1 Å². The SMILES string of the molecule is O=C(Nc1cccc([N+](=O)[O-])c1)[C@@H]1CCCN1C(=O)c1ccc(Cl)c(Cl)c1. The van der Waals surface area contributed by atoms with Crippen LogP contribution in [0, 0.1) is 10.1 Å². The summed E-state index contributed by atoms with van der Waals surface area (Å²) in [5, 5.41) is 14.1. The number of carbonyl (C=O) groups is 2. The molecular weight excluding hydrogens is 393 g/mol. The Kier molecular flexibility index (Phi) is 5.62. The lowest BCUT2D eigenvalue weighted by molar-refractivity contribution is -0.384. The number of nitro groups is 1. The number of rotatable bonds is 4. The Bertz CT molecular complexity index is 919. The van der Waals surface area contributed by atoms with Gasteiger partial charge in [0.1, 0.15) is 6.04 Å². The molecule has 0 aliphatic carbocycles. The summed E-state index contributed by atoms with van der Waals surface area (Å²) in [4.78, 5) is 37.2. The molecule has 27 heavy (non-hydrogen) atoms. The molecule has 9 heteroatoms. The molecule has 0 radical (unpaired) electrons. The van der Waals surface area contributed by atoms with E-state index >= 15 is 0 Å². The minimum atomic E-state index is -0.661. The van der Waals surface area contributed by atoms with Crippen LogP contribution in [0.25, 0.3) is 0 Å². The highest BCUT2D eigenvalue weighted by Crippen LogP contribution is 2.26. The number of nitrogens with zero attached hydrogens (tertiary/aromatic N) is 2. The number of anilines is 1. The lowest BCUT2D eigenvalue weighted by Gasteiger charge is -2.24. The second kappa shape index (κ2) is 7.94. The molecule has 1 atom stereocenters. The Morgan fingerprint density at radius 2 is 1.93 bits per heavy atom. The molecule has 0 unspecified atom stereocenters. The molecule has 1 saturated heterocycles. The molecule has 2 amide bonds. The molecule has 1 aliphatic rings. The van der Waals surface area contributed by atoms with Crippen LogP contribution >= 0.6 is 23.2 Å². The summed E-state index contributed by atoms with van der Waals surface area (Å²) < 4.78 is 0. The number of nitrogens with one attached hydrogen (secondary N) is 1. The van der Waals surface area contributed by atoms with Crippen molar-refractivity contribution in [3.63, 3.8) is 0 Å². The summed E-state index contributed by atoms with van der Waals surface area (Å²) in [6, 6.07) is 9.57. The number of benzene rings is 2. The van der Waals surface area contributed by atoms with Crippen LogP contribution in [0.2, 0.25) is 10.0 Å². The molecular formula is C18H15Cl2N3O4. The van der Waals surface area contributed by atoms with E-state index in [2.05, 4.69) is 5.32 Å². The van der Waals surface area contributed by atoms with Crippen molar-refractivity contribution in [1.82, 2.24) is 4.90 Å². The van der Waals surface area contributed by atoms with E-state index in [4.69, 9.17) is 23.2 Å². The van der Waals surface area contributed by atoms with E-state index in [0.717, 1.165) is 0 Å². The molecule has 1 N–H and O–H groups in total. The molecule has 1 heterocycles. The molecule has 0 bridgehead atoms. The fraction of sp³-hybridized carbons (Fsp3) is 0.222. The van der Waals surface area contributed by atoms with E-state index in [9.17, 15) is 19.7 Å². The number of non-ortho nitro benzene ring substituents is 1. The zero-order chi connectivity index (χ0) is 19.6. The predicted octanol–water partition coefficient (Wildman–Crippen LogP) is 4.14. The molecule has 3 rings (SSSR count). The van der Waals surface area contributed by atoms with Crippen LogP contribution in [0.15, 0.2) is 42.5 Å². The highest BCUT2D eigenvalue weighted by Gasteiger charge is 2.34. The van der Waals surface area contributed by atoms with Crippen LogP contribution in [0.3, 0.4) is 0 Å². The Morgan fingerprint density at radius 1 is 1.15 bits per heavy atom. The molecule has 0 saturated carbocycles. The Morgan fingerprint density at radius 3 is 2.63 bits per heavy atom. The summed E-state index contributed by atoms with van der Waals surface area (Å²) in [7, 11) is 0. The van der Waals surface area contributed by atoms with Crippen molar-refractivity contribution in [2.45, 2.75) is 18.9 Å². The van der Waals surface area contributed by atoms with Crippen molar-refractivity contribution in [3.8, 4) is 0 Å². The minimum absolute atomic E-state index is 0.122. The van der Waals surface area contributed by atoms with Crippen molar-refractivity contribution in [2.75, 3.05) is 11.9 Å². The Hall–Kier alpha value is -2.64. The van der Waals surface area contributed by atoms with Crippen molar-refractivity contribution in [2.24, 2.45) is 0 Å². The van der Waals surface area contributed by atoms with Gasteiger partial charge in [0.2, 0.25) is 5.91 Å². The smallest absolute Gasteiger partial charge is 0.271 e. The van der Waals surface area contributed by atoms with Crippen molar-refractivity contribution < 1.29 is 14.5 Å². The third-order valence-corrected chi connectivity index (χ3v) is 5.05. The van der Waals surface area contributed by atoms with Crippen molar-refractivity contribution >= 4 is 46.4 Å². The quantitative estimate of drug-likeness (QED) is 0.608. The number of nitro benzene ring substituents is 1. The highest BCUT2D eigenvalue weighted by atomic mass is 35.5. The summed E-state index contributed by atoms with van der Waals surface area (Å²) in [5.74, 6) is -0.702. The lowest BCUT2D eigenvalue weighted by atomic mass is 10.1. The average molecular weight is 408 g/mol. The zero-order valence-corrected chi connectivity index (χ0v) is 15.5. The molecule has 7 nitrogen and oxygen atoms in total. The molecule has 2 aromatic rings. The van der Waals surface area contributed by atoms with Gasteiger partial charge in [0.25, 0.3) is 11.6 Å². The number of amides is 2. The van der Waals surface area contributed by atoms with Crippen LogP contribution in [-0.2, 0) is 4.79 Å². The van der Waals surface area contributed by atoms with Crippen LogP contribution in [0.1, 0.15) is 23.2 Å². The van der Waals surface area contributed by atoms with Gasteiger partial charge in [0.05, 0.1) is 15.0 Å². The van der Waals surface area contributed by atoms with Crippen LogP contribution in [0.4, 0.5) is 11.4 Å². The van der Waals surface area contributed by atoms with Gasteiger partial charge >= 0.3 is 0 Å². The maximum absolute atomic E-state index is 12.8. The molecule has 140 valence electrons. The fourth-order valence-corrected chi connectivity index (χ4v) is 3.30. The average Bonchev–Trinajstić information content (AvgIpc) is 3.13. The fourth-order valence-electron chi connectivity index (χ4n) is 3.00. The summed E-state index contributed by atoms with van der Waals surface area (Å²) in [5.41, 5.74) is 0.533. The number of carbonyl (C=O) groups excluding carboxylic acids is 2. The lowest BCUT2D eigenvalue weighted by Crippen LogP contribution is -2.43. The number of likely N-dealkylation sites (tertiary alicyclic amines) is 1. The first-order chi connectivity index (χ1) is 12.9. The maximum Gasteiger partial charge on any atom is 0.271 e. The van der Waals surface area contributed by atoms with E-state index in [1.54, 1.807) is 12.1 Å². The van der Waals surface area contributed by atoms with Gasteiger partial charge in [-0.25, -0.2) is 0 Å². The molecule has 0 spiro atoms. The van der Waals surface area contributed by atoms with Crippen LogP contribution in [-0.4, -0.2) is 34.2 Å². The summed E-state index contributed by atoms with van der Waals surface area (Å²) in [6.07, 6.45) is 1.19. The monoisotopic (exact) mass is 407 g/mol. The van der Waals surface area contributed by atoms with Gasteiger partial charge in [0, 0.05) is 29.9 Å². The summed E-state index contributed by atoms with van der Waals surface area (Å²) >= 11 is 11.9. The summed E-state index contributed by atoms with van der Waals surface area (Å²) in [6.45, 7) is 0.437. The number of hydrogen-bond acceptors (Lipinski definition) is 4. The third-order valence-electron chi connectivity index (χ3n) is 4.31. The topological polar surface area (TPSA) is 92.5 Å². The van der Waals surface area contributed by atoms with E-state index in [1.807, 2.05) is 0 Å². The van der Waals surface area contributed by atoms with Gasteiger partial charge in [-0.1, -0.05) is 29.3 Å². The van der Waals surface area contributed by atoms with E-state index in [0.29, 0.717) is 35.7 Å².